The van der Waals surface area contributed by atoms with E-state index >= 15 is 0 Å². The van der Waals surface area contributed by atoms with Gasteiger partial charge in [-0.1, -0.05) is 19.4 Å². The molecular formula is C19H26O4. The summed E-state index contributed by atoms with van der Waals surface area (Å²) in [6, 6.07) is 0. The van der Waals surface area contributed by atoms with Crippen LogP contribution in [0, 0.1) is 28.6 Å². The first-order valence-electron chi connectivity index (χ1n) is 8.90. The summed E-state index contributed by atoms with van der Waals surface area (Å²) in [6.45, 7) is 4.11. The van der Waals surface area contributed by atoms with Crippen molar-refractivity contribution in [3.63, 3.8) is 0 Å². The number of carbonyl (C=O) groups is 2. The number of hydrogen-bond acceptors (Lipinski definition) is 4. The molecule has 23 heavy (non-hydrogen) atoms. The van der Waals surface area contributed by atoms with Gasteiger partial charge < -0.3 is 10.2 Å². The smallest absolute Gasteiger partial charge is 0.162 e. The van der Waals surface area contributed by atoms with E-state index < -0.39 is 17.6 Å². The van der Waals surface area contributed by atoms with Gasteiger partial charge in [-0.25, -0.2) is 0 Å². The Labute approximate surface area is 137 Å². The Hall–Kier alpha value is -1.00. The average Bonchev–Trinajstić information content (AvgIpc) is 2.78. The standard InChI is InChI=1S/C19H26O4/c1-18-9-16(22)15(21)5-10(18)3-4-12-13-6-11(20)8-19(13,2)17(23)7-14(12)18/h7,10,12-13,15-16,21-22H,3-6,8-9H2,1-2H3/t10-,12-,13+,15+,16+,18+,19-/m0/s1. The molecule has 0 amide bonds. The van der Waals surface area contributed by atoms with Crippen LogP contribution in [0.4, 0.5) is 0 Å². The molecule has 0 unspecified atom stereocenters. The molecule has 0 aromatic carbocycles. The molecule has 3 fully saturated rings. The van der Waals surface area contributed by atoms with Crippen molar-refractivity contribution < 1.29 is 19.8 Å². The zero-order valence-corrected chi connectivity index (χ0v) is 13.9. The molecule has 0 heterocycles. The van der Waals surface area contributed by atoms with E-state index in [1.54, 1.807) is 0 Å². The average molecular weight is 318 g/mol. The quantitative estimate of drug-likeness (QED) is 0.717. The minimum Gasteiger partial charge on any atom is -0.390 e. The number of carbonyl (C=O) groups excluding carboxylic acids is 2. The molecule has 4 aliphatic carbocycles. The first-order chi connectivity index (χ1) is 10.8. The van der Waals surface area contributed by atoms with Crippen LogP contribution in [0.1, 0.15) is 52.4 Å². The van der Waals surface area contributed by atoms with Gasteiger partial charge >= 0.3 is 0 Å². The molecule has 0 aromatic rings. The summed E-state index contributed by atoms with van der Waals surface area (Å²) in [5.41, 5.74) is 0.424. The Morgan fingerprint density at radius 1 is 1.09 bits per heavy atom. The van der Waals surface area contributed by atoms with E-state index in [0.29, 0.717) is 31.6 Å². The third-order valence-corrected chi connectivity index (χ3v) is 7.55. The van der Waals surface area contributed by atoms with Gasteiger partial charge in [0.1, 0.15) is 5.78 Å². The van der Waals surface area contributed by atoms with Crippen LogP contribution in [-0.2, 0) is 9.59 Å². The van der Waals surface area contributed by atoms with Gasteiger partial charge in [-0.2, -0.15) is 0 Å². The van der Waals surface area contributed by atoms with Crippen LogP contribution < -0.4 is 0 Å². The molecule has 0 aromatic heterocycles. The highest BCUT2D eigenvalue weighted by Crippen LogP contribution is 2.62. The van der Waals surface area contributed by atoms with Crippen molar-refractivity contribution in [2.75, 3.05) is 0 Å². The van der Waals surface area contributed by atoms with Crippen molar-refractivity contribution in [1.29, 1.82) is 0 Å². The number of aliphatic hydroxyl groups excluding tert-OH is 2. The molecule has 0 saturated heterocycles. The van der Waals surface area contributed by atoms with Gasteiger partial charge in [-0.3, -0.25) is 9.59 Å². The van der Waals surface area contributed by atoms with E-state index in [9.17, 15) is 19.8 Å². The lowest BCUT2D eigenvalue weighted by atomic mass is 9.49. The Morgan fingerprint density at radius 2 is 1.83 bits per heavy atom. The largest absolute Gasteiger partial charge is 0.390 e. The second kappa shape index (κ2) is 4.76. The topological polar surface area (TPSA) is 74.6 Å². The molecule has 4 aliphatic rings. The van der Waals surface area contributed by atoms with Gasteiger partial charge in [0.2, 0.25) is 0 Å². The highest BCUT2D eigenvalue weighted by Gasteiger charge is 2.59. The lowest BCUT2D eigenvalue weighted by Crippen LogP contribution is -2.53. The third kappa shape index (κ3) is 1.97. The zero-order chi connectivity index (χ0) is 16.6. The van der Waals surface area contributed by atoms with Crippen molar-refractivity contribution in [2.45, 2.75) is 64.6 Å². The summed E-state index contributed by atoms with van der Waals surface area (Å²) in [5.74, 6) is 1.05. The zero-order valence-electron chi connectivity index (χ0n) is 13.9. The van der Waals surface area contributed by atoms with Gasteiger partial charge in [-0.05, 0) is 54.9 Å². The van der Waals surface area contributed by atoms with Crippen LogP contribution in [0.15, 0.2) is 11.6 Å². The molecule has 4 rings (SSSR count). The maximum atomic E-state index is 12.8. The molecule has 0 aliphatic heterocycles. The molecule has 0 spiro atoms. The fourth-order valence-electron chi connectivity index (χ4n) is 6.13. The second-order valence-corrected chi connectivity index (χ2v) is 8.78. The summed E-state index contributed by atoms with van der Waals surface area (Å²) in [5, 5.41) is 20.2. The number of ketones is 2. The van der Waals surface area contributed by atoms with Crippen LogP contribution in [0.3, 0.4) is 0 Å². The molecule has 4 nitrogen and oxygen atoms in total. The number of hydrogen-bond donors (Lipinski definition) is 2. The van der Waals surface area contributed by atoms with Crippen molar-refractivity contribution in [1.82, 2.24) is 0 Å². The molecule has 4 heteroatoms. The van der Waals surface area contributed by atoms with Crippen molar-refractivity contribution in [2.24, 2.45) is 28.6 Å². The van der Waals surface area contributed by atoms with E-state index in [1.807, 2.05) is 13.0 Å². The maximum Gasteiger partial charge on any atom is 0.162 e. The van der Waals surface area contributed by atoms with Crippen molar-refractivity contribution in [3.8, 4) is 0 Å². The van der Waals surface area contributed by atoms with E-state index in [4.69, 9.17) is 0 Å². The van der Waals surface area contributed by atoms with Gasteiger partial charge in [0, 0.05) is 18.3 Å². The first kappa shape index (κ1) is 15.5. The lowest BCUT2D eigenvalue weighted by Gasteiger charge is -2.56. The van der Waals surface area contributed by atoms with Crippen molar-refractivity contribution in [3.05, 3.63) is 11.6 Å². The summed E-state index contributed by atoms with van der Waals surface area (Å²) in [6.07, 6.45) is 4.49. The predicted octanol–water partition coefficient (Wildman–Crippen LogP) is 2.03. The summed E-state index contributed by atoms with van der Waals surface area (Å²) < 4.78 is 0. The number of rotatable bonds is 0. The highest BCUT2D eigenvalue weighted by molar-refractivity contribution is 6.02. The van der Waals surface area contributed by atoms with E-state index in [1.165, 1.54) is 0 Å². The SMILES string of the molecule is C[C@@]12C[C@@H](O)[C@H](O)C[C@@H]1CC[C@@H]1C2=CC(=O)[C@@]2(C)CC(=O)C[C@H]12. The first-order valence-corrected chi connectivity index (χ1v) is 8.90. The summed E-state index contributed by atoms with van der Waals surface area (Å²) in [4.78, 5) is 24.9. The van der Waals surface area contributed by atoms with Crippen LogP contribution in [0.5, 0.6) is 0 Å². The Morgan fingerprint density at radius 3 is 2.57 bits per heavy atom. The molecule has 2 N–H and O–H groups in total. The number of aliphatic hydroxyl groups is 2. The Balaban J connectivity index is 1.76. The van der Waals surface area contributed by atoms with Gasteiger partial charge in [0.15, 0.2) is 5.78 Å². The van der Waals surface area contributed by atoms with Crippen LogP contribution in [0.2, 0.25) is 0 Å². The Bertz CT molecular complexity index is 608. The molecule has 0 bridgehead atoms. The maximum absolute atomic E-state index is 12.8. The monoisotopic (exact) mass is 318 g/mol. The molecule has 0 radical (unpaired) electrons. The second-order valence-electron chi connectivity index (χ2n) is 8.78. The molecular weight excluding hydrogens is 292 g/mol. The van der Waals surface area contributed by atoms with Crippen LogP contribution in [-0.4, -0.2) is 34.0 Å². The van der Waals surface area contributed by atoms with Crippen LogP contribution in [0.25, 0.3) is 0 Å². The minimum absolute atomic E-state index is 0.0992. The lowest BCUT2D eigenvalue weighted by molar-refractivity contribution is -0.130. The number of Topliss-reactive ketones (excluding diaryl/α,β-unsaturated/α-hetero) is 1. The Kier molecular flexibility index (Phi) is 3.21. The predicted molar refractivity (Wildman–Crippen MR) is 84.5 cm³/mol. The fourth-order valence-corrected chi connectivity index (χ4v) is 6.13. The molecule has 3 saturated carbocycles. The van der Waals surface area contributed by atoms with E-state index in [0.717, 1.165) is 18.4 Å². The van der Waals surface area contributed by atoms with E-state index in [2.05, 4.69) is 6.92 Å². The fraction of sp³-hybridized carbons (Fsp3) is 0.789. The highest BCUT2D eigenvalue weighted by atomic mass is 16.3. The number of fused-ring (bicyclic) bond motifs is 5. The molecule has 7 atom stereocenters. The van der Waals surface area contributed by atoms with E-state index in [-0.39, 0.29) is 28.8 Å². The van der Waals surface area contributed by atoms with Crippen LogP contribution >= 0.6 is 0 Å². The molecule has 126 valence electrons. The van der Waals surface area contributed by atoms with Crippen molar-refractivity contribution >= 4 is 11.6 Å². The van der Waals surface area contributed by atoms with Gasteiger partial charge in [-0.15, -0.1) is 0 Å². The minimum atomic E-state index is -0.718. The summed E-state index contributed by atoms with van der Waals surface area (Å²) in [7, 11) is 0. The van der Waals surface area contributed by atoms with Gasteiger partial charge in [0.25, 0.3) is 0 Å². The third-order valence-electron chi connectivity index (χ3n) is 7.55. The summed E-state index contributed by atoms with van der Waals surface area (Å²) >= 11 is 0. The van der Waals surface area contributed by atoms with Gasteiger partial charge in [0.05, 0.1) is 12.2 Å². The normalized spacial score (nSPS) is 52.5. The number of allylic oxidation sites excluding steroid dienone is 2.